The number of nitrogens with one attached hydrogen (secondary N) is 1. The molecule has 7 nitrogen and oxygen atoms in total. The molecule has 0 spiro atoms. The second kappa shape index (κ2) is 9.82. The molecule has 0 atom stereocenters. The number of hydrogen-bond donors (Lipinski definition) is 1. The summed E-state index contributed by atoms with van der Waals surface area (Å²) < 4.78 is 0. The smallest absolute Gasteiger partial charge is 0.222 e. The summed E-state index contributed by atoms with van der Waals surface area (Å²) in [6.07, 6.45) is 7.55. The summed E-state index contributed by atoms with van der Waals surface area (Å²) in [6.45, 7) is 5.22. The van der Waals surface area contributed by atoms with Gasteiger partial charge in [-0.3, -0.25) is 14.7 Å². The van der Waals surface area contributed by atoms with Crippen molar-refractivity contribution in [3.8, 4) is 0 Å². The summed E-state index contributed by atoms with van der Waals surface area (Å²) in [5, 5.41) is 3.14. The van der Waals surface area contributed by atoms with Crippen molar-refractivity contribution in [3.63, 3.8) is 0 Å². The summed E-state index contributed by atoms with van der Waals surface area (Å²) in [5.74, 6) is 0.853. The van der Waals surface area contributed by atoms with E-state index >= 15 is 0 Å². The van der Waals surface area contributed by atoms with Crippen LogP contribution in [0.25, 0.3) is 0 Å². The second-order valence-corrected chi connectivity index (χ2v) is 6.40. The zero-order valence-corrected chi connectivity index (χ0v) is 15.0. The van der Waals surface area contributed by atoms with Gasteiger partial charge in [-0.15, -0.1) is 0 Å². The van der Waals surface area contributed by atoms with Crippen LogP contribution in [0.1, 0.15) is 18.5 Å². The maximum absolute atomic E-state index is 12.3. The Bertz CT molecular complexity index is 658. The standard InChI is InChI=1S/C19H26N6O/c26-18(6-3-9-21-19-22-10-4-11-23-19)25-15-13-24(14-16-25)12-7-17-5-1-2-8-20-17/h1-2,4-5,8,10-11H,3,6-7,9,12-16H2,(H,21,22,23). The number of nitrogens with zero attached hydrogens (tertiary/aromatic N) is 5. The molecule has 0 aromatic carbocycles. The lowest BCUT2D eigenvalue weighted by atomic mass is 10.2. The molecule has 1 amide bonds. The first kappa shape index (κ1) is 18.3. The van der Waals surface area contributed by atoms with Crippen molar-refractivity contribution in [2.75, 3.05) is 44.6 Å². The number of piperazine rings is 1. The fraction of sp³-hybridized carbons (Fsp3) is 0.474. The van der Waals surface area contributed by atoms with Crippen molar-refractivity contribution in [1.82, 2.24) is 24.8 Å². The maximum Gasteiger partial charge on any atom is 0.222 e. The van der Waals surface area contributed by atoms with Crippen LogP contribution < -0.4 is 5.32 Å². The molecule has 3 heterocycles. The Labute approximate surface area is 154 Å². The van der Waals surface area contributed by atoms with Crippen molar-refractivity contribution in [1.29, 1.82) is 0 Å². The molecule has 2 aromatic heterocycles. The van der Waals surface area contributed by atoms with Gasteiger partial charge in [-0.1, -0.05) is 6.07 Å². The van der Waals surface area contributed by atoms with E-state index in [1.807, 2.05) is 23.2 Å². The van der Waals surface area contributed by atoms with Crippen LogP contribution in [0.15, 0.2) is 42.9 Å². The molecule has 2 aromatic rings. The van der Waals surface area contributed by atoms with Gasteiger partial charge >= 0.3 is 0 Å². The molecular formula is C19H26N6O. The number of anilines is 1. The molecule has 0 aliphatic carbocycles. The molecule has 0 radical (unpaired) electrons. The van der Waals surface area contributed by atoms with E-state index in [4.69, 9.17) is 0 Å². The van der Waals surface area contributed by atoms with Crippen LogP contribution in [0.2, 0.25) is 0 Å². The van der Waals surface area contributed by atoms with Crippen LogP contribution in [0.4, 0.5) is 5.95 Å². The molecule has 0 saturated carbocycles. The van der Waals surface area contributed by atoms with Crippen LogP contribution in [0.5, 0.6) is 0 Å². The Kier molecular flexibility index (Phi) is 6.89. The minimum absolute atomic E-state index is 0.241. The summed E-state index contributed by atoms with van der Waals surface area (Å²) in [6, 6.07) is 7.81. The number of hydrogen-bond acceptors (Lipinski definition) is 6. The molecule has 1 saturated heterocycles. The summed E-state index contributed by atoms with van der Waals surface area (Å²) in [4.78, 5) is 29.3. The van der Waals surface area contributed by atoms with Crippen LogP contribution in [0.3, 0.4) is 0 Å². The third-order valence-electron chi connectivity index (χ3n) is 4.55. The first-order valence-electron chi connectivity index (χ1n) is 9.22. The van der Waals surface area contributed by atoms with Crippen molar-refractivity contribution < 1.29 is 4.79 Å². The molecule has 1 N–H and O–H groups in total. The van der Waals surface area contributed by atoms with Gasteiger partial charge in [0.2, 0.25) is 11.9 Å². The van der Waals surface area contributed by atoms with Crippen LogP contribution >= 0.6 is 0 Å². The van der Waals surface area contributed by atoms with Crippen molar-refractivity contribution >= 4 is 11.9 Å². The van der Waals surface area contributed by atoms with E-state index in [2.05, 4.69) is 31.2 Å². The normalized spacial score (nSPS) is 15.0. The van der Waals surface area contributed by atoms with Crippen LogP contribution in [-0.2, 0) is 11.2 Å². The van der Waals surface area contributed by atoms with E-state index in [9.17, 15) is 4.79 Å². The Balaban J connectivity index is 1.29. The number of amides is 1. The van der Waals surface area contributed by atoms with E-state index in [-0.39, 0.29) is 5.91 Å². The summed E-state index contributed by atoms with van der Waals surface area (Å²) in [5.41, 5.74) is 1.13. The van der Waals surface area contributed by atoms with E-state index < -0.39 is 0 Å². The lowest BCUT2D eigenvalue weighted by molar-refractivity contribution is -0.133. The minimum Gasteiger partial charge on any atom is -0.354 e. The number of pyridine rings is 1. The molecule has 26 heavy (non-hydrogen) atoms. The third-order valence-corrected chi connectivity index (χ3v) is 4.55. The predicted molar refractivity (Wildman–Crippen MR) is 101 cm³/mol. The number of rotatable bonds is 8. The van der Waals surface area contributed by atoms with Gasteiger partial charge in [0.05, 0.1) is 0 Å². The predicted octanol–water partition coefficient (Wildman–Crippen LogP) is 1.45. The van der Waals surface area contributed by atoms with Gasteiger partial charge in [-0.25, -0.2) is 9.97 Å². The van der Waals surface area contributed by atoms with Crippen molar-refractivity contribution in [3.05, 3.63) is 48.5 Å². The second-order valence-electron chi connectivity index (χ2n) is 6.40. The first-order valence-corrected chi connectivity index (χ1v) is 9.22. The van der Waals surface area contributed by atoms with Gasteiger partial charge < -0.3 is 10.2 Å². The zero-order chi connectivity index (χ0) is 18.0. The van der Waals surface area contributed by atoms with E-state index in [1.54, 1.807) is 18.5 Å². The molecule has 1 aliphatic rings. The highest BCUT2D eigenvalue weighted by molar-refractivity contribution is 5.76. The largest absolute Gasteiger partial charge is 0.354 e. The monoisotopic (exact) mass is 354 g/mol. The topological polar surface area (TPSA) is 74.2 Å². The van der Waals surface area contributed by atoms with E-state index in [0.29, 0.717) is 18.9 Å². The van der Waals surface area contributed by atoms with Gasteiger partial charge in [0.1, 0.15) is 0 Å². The SMILES string of the molecule is O=C(CCCNc1ncccn1)N1CCN(CCc2ccccn2)CC1. The van der Waals surface area contributed by atoms with E-state index in [0.717, 1.165) is 51.3 Å². The molecule has 138 valence electrons. The number of carbonyl (C=O) groups is 1. The molecule has 0 unspecified atom stereocenters. The Hall–Kier alpha value is -2.54. The quantitative estimate of drug-likeness (QED) is 0.724. The van der Waals surface area contributed by atoms with E-state index in [1.165, 1.54) is 0 Å². The first-order chi connectivity index (χ1) is 12.8. The molecule has 7 heteroatoms. The lowest BCUT2D eigenvalue weighted by Crippen LogP contribution is -2.49. The van der Waals surface area contributed by atoms with Crippen LogP contribution in [-0.4, -0.2) is 69.9 Å². The lowest BCUT2D eigenvalue weighted by Gasteiger charge is -2.34. The highest BCUT2D eigenvalue weighted by Gasteiger charge is 2.20. The van der Waals surface area contributed by atoms with Gasteiger partial charge in [-0.2, -0.15) is 0 Å². The molecule has 1 aliphatic heterocycles. The van der Waals surface area contributed by atoms with Crippen molar-refractivity contribution in [2.45, 2.75) is 19.3 Å². The maximum atomic E-state index is 12.3. The van der Waals surface area contributed by atoms with Gasteiger partial charge in [0.25, 0.3) is 0 Å². The molecule has 0 bridgehead atoms. The Morgan fingerprint density at radius 1 is 1.00 bits per heavy atom. The fourth-order valence-corrected chi connectivity index (χ4v) is 3.03. The average molecular weight is 354 g/mol. The zero-order valence-electron chi connectivity index (χ0n) is 15.0. The summed E-state index contributed by atoms with van der Waals surface area (Å²) in [7, 11) is 0. The van der Waals surface area contributed by atoms with Crippen molar-refractivity contribution in [2.24, 2.45) is 0 Å². The molecular weight excluding hydrogens is 328 g/mol. The highest BCUT2D eigenvalue weighted by atomic mass is 16.2. The number of aromatic nitrogens is 3. The molecule has 3 rings (SSSR count). The summed E-state index contributed by atoms with van der Waals surface area (Å²) >= 11 is 0. The fourth-order valence-electron chi connectivity index (χ4n) is 3.03. The third kappa shape index (κ3) is 5.77. The Morgan fingerprint density at radius 2 is 1.77 bits per heavy atom. The minimum atomic E-state index is 0.241. The van der Waals surface area contributed by atoms with Gasteiger partial charge in [0, 0.05) is 76.4 Å². The number of carbonyl (C=O) groups excluding carboxylic acids is 1. The molecule has 1 fully saturated rings. The van der Waals surface area contributed by atoms with Crippen LogP contribution in [0, 0.1) is 0 Å². The Morgan fingerprint density at radius 3 is 2.50 bits per heavy atom. The van der Waals surface area contributed by atoms with Gasteiger partial charge in [-0.05, 0) is 24.6 Å². The highest BCUT2D eigenvalue weighted by Crippen LogP contribution is 2.07. The van der Waals surface area contributed by atoms with Gasteiger partial charge in [0.15, 0.2) is 0 Å². The average Bonchev–Trinajstić information content (AvgIpc) is 2.71.